The van der Waals surface area contributed by atoms with E-state index in [1.54, 1.807) is 0 Å². The summed E-state index contributed by atoms with van der Waals surface area (Å²) in [5, 5.41) is 11.8. The first-order valence-electron chi connectivity index (χ1n) is 6.00. The van der Waals surface area contributed by atoms with Crippen molar-refractivity contribution >= 4 is 11.6 Å². The van der Waals surface area contributed by atoms with Gasteiger partial charge in [0, 0.05) is 11.8 Å². The number of benzene rings is 1. The summed E-state index contributed by atoms with van der Waals surface area (Å²) < 4.78 is 10.2. The molecule has 0 heterocycles. The molecule has 106 valence electrons. The van der Waals surface area contributed by atoms with Crippen LogP contribution >= 0.6 is 0 Å². The topological polar surface area (TPSA) is 93.8 Å². The highest BCUT2D eigenvalue weighted by molar-refractivity contribution is 6.00. The summed E-state index contributed by atoms with van der Waals surface area (Å²) in [6.07, 6.45) is 0.634. The summed E-state index contributed by atoms with van der Waals surface area (Å²) >= 11 is 0. The van der Waals surface area contributed by atoms with E-state index in [-0.39, 0.29) is 18.6 Å². The molecule has 1 amide bonds. The van der Waals surface area contributed by atoms with E-state index >= 15 is 0 Å². The molecular formula is C13H20N2O4. The molecule has 6 nitrogen and oxygen atoms in total. The zero-order chi connectivity index (χ0) is 14.4. The van der Waals surface area contributed by atoms with E-state index in [2.05, 4.69) is 5.32 Å². The number of aliphatic hydroxyl groups is 1. The van der Waals surface area contributed by atoms with Gasteiger partial charge in [-0.3, -0.25) is 4.79 Å². The van der Waals surface area contributed by atoms with Crippen LogP contribution in [0.2, 0.25) is 0 Å². The van der Waals surface area contributed by atoms with E-state index in [9.17, 15) is 4.79 Å². The smallest absolute Gasteiger partial charge is 0.253 e. The van der Waals surface area contributed by atoms with Crippen molar-refractivity contribution in [3.63, 3.8) is 0 Å². The molecule has 1 unspecified atom stereocenters. The number of carbonyl (C=O) groups excluding carboxylic acids is 1. The van der Waals surface area contributed by atoms with E-state index < -0.39 is 0 Å². The zero-order valence-corrected chi connectivity index (χ0v) is 11.4. The number of hydrogen-bond donors (Lipinski definition) is 3. The summed E-state index contributed by atoms with van der Waals surface area (Å²) in [7, 11) is 2.98. The number of aliphatic hydroxyl groups excluding tert-OH is 1. The van der Waals surface area contributed by atoms with Crippen LogP contribution in [0.25, 0.3) is 0 Å². The summed E-state index contributed by atoms with van der Waals surface area (Å²) in [5.41, 5.74) is 6.41. The average Bonchev–Trinajstić information content (AvgIpc) is 2.43. The van der Waals surface area contributed by atoms with Gasteiger partial charge < -0.3 is 25.6 Å². The Labute approximate surface area is 112 Å². The first kappa shape index (κ1) is 15.1. The molecule has 1 aromatic carbocycles. The number of nitrogens with two attached hydrogens (primary N) is 1. The number of rotatable bonds is 6. The maximum absolute atomic E-state index is 12.1. The highest BCUT2D eigenvalue weighted by Gasteiger charge is 2.17. The molecule has 0 aliphatic carbocycles. The molecule has 0 bridgehead atoms. The second-order valence-corrected chi connectivity index (χ2v) is 4.06. The Bertz CT molecular complexity index is 445. The fraction of sp³-hybridized carbons (Fsp3) is 0.462. The molecule has 1 rings (SSSR count). The lowest BCUT2D eigenvalue weighted by molar-refractivity contribution is 0.0915. The Hall–Kier alpha value is -1.95. The molecule has 0 saturated carbocycles. The van der Waals surface area contributed by atoms with Crippen molar-refractivity contribution in [2.75, 3.05) is 26.6 Å². The van der Waals surface area contributed by atoms with Gasteiger partial charge >= 0.3 is 0 Å². The predicted octanol–water partition coefficient (Wildman–Crippen LogP) is 0.787. The third kappa shape index (κ3) is 3.51. The Morgan fingerprint density at radius 3 is 2.42 bits per heavy atom. The number of carbonyl (C=O) groups is 1. The van der Waals surface area contributed by atoms with Crippen molar-refractivity contribution in [1.29, 1.82) is 0 Å². The standard InChI is InChI=1S/C13H20N2O4/c1-4-8(7-16)15-13(17)9-5-11(18-2)12(19-3)6-10(9)14/h5-6,8,16H,4,7,14H2,1-3H3,(H,15,17). The lowest BCUT2D eigenvalue weighted by Gasteiger charge is -2.16. The summed E-state index contributed by atoms with van der Waals surface area (Å²) in [5.74, 6) is 0.545. The zero-order valence-electron chi connectivity index (χ0n) is 11.4. The molecule has 4 N–H and O–H groups in total. The number of nitrogens with one attached hydrogen (secondary N) is 1. The molecule has 1 aromatic rings. The van der Waals surface area contributed by atoms with E-state index in [1.807, 2.05) is 6.92 Å². The van der Waals surface area contributed by atoms with Crippen molar-refractivity contribution in [2.45, 2.75) is 19.4 Å². The second kappa shape index (κ2) is 6.84. The number of anilines is 1. The maximum atomic E-state index is 12.1. The van der Waals surface area contributed by atoms with Crippen molar-refractivity contribution in [3.8, 4) is 11.5 Å². The molecule has 0 spiro atoms. The number of hydrogen-bond acceptors (Lipinski definition) is 5. The lowest BCUT2D eigenvalue weighted by Crippen LogP contribution is -2.37. The monoisotopic (exact) mass is 268 g/mol. The van der Waals surface area contributed by atoms with Crippen LogP contribution in [0.1, 0.15) is 23.7 Å². The van der Waals surface area contributed by atoms with Crippen LogP contribution < -0.4 is 20.5 Å². The summed E-state index contributed by atoms with van der Waals surface area (Å²) in [6, 6.07) is 2.77. The van der Waals surface area contributed by atoms with Gasteiger partial charge in [0.15, 0.2) is 11.5 Å². The fourth-order valence-corrected chi connectivity index (χ4v) is 1.63. The molecule has 0 fully saturated rings. The normalized spacial score (nSPS) is 11.8. The van der Waals surface area contributed by atoms with Crippen LogP contribution in [-0.2, 0) is 0 Å². The minimum atomic E-state index is -0.348. The van der Waals surface area contributed by atoms with Crippen molar-refractivity contribution < 1.29 is 19.4 Å². The molecular weight excluding hydrogens is 248 g/mol. The van der Waals surface area contributed by atoms with Gasteiger partial charge in [-0.05, 0) is 12.5 Å². The number of amides is 1. The Morgan fingerprint density at radius 2 is 1.95 bits per heavy atom. The van der Waals surface area contributed by atoms with Gasteiger partial charge in [-0.1, -0.05) is 6.92 Å². The first-order chi connectivity index (χ1) is 9.07. The van der Waals surface area contributed by atoms with Gasteiger partial charge in [0.2, 0.25) is 0 Å². The highest BCUT2D eigenvalue weighted by atomic mass is 16.5. The van der Waals surface area contributed by atoms with Gasteiger partial charge in [0.1, 0.15) is 0 Å². The Balaban J connectivity index is 3.03. The number of ether oxygens (including phenoxy) is 2. The second-order valence-electron chi connectivity index (χ2n) is 4.06. The van der Waals surface area contributed by atoms with Crippen molar-refractivity contribution in [1.82, 2.24) is 5.32 Å². The van der Waals surface area contributed by atoms with Gasteiger partial charge in [-0.15, -0.1) is 0 Å². The Morgan fingerprint density at radius 1 is 1.37 bits per heavy atom. The third-order valence-corrected chi connectivity index (χ3v) is 2.85. The molecule has 0 aromatic heterocycles. The highest BCUT2D eigenvalue weighted by Crippen LogP contribution is 2.31. The van der Waals surface area contributed by atoms with E-state index in [4.69, 9.17) is 20.3 Å². The Kier molecular flexibility index (Phi) is 5.44. The fourth-order valence-electron chi connectivity index (χ4n) is 1.63. The predicted molar refractivity (Wildman–Crippen MR) is 72.6 cm³/mol. The van der Waals surface area contributed by atoms with E-state index in [0.717, 1.165) is 0 Å². The van der Waals surface area contributed by atoms with Crippen molar-refractivity contribution in [3.05, 3.63) is 17.7 Å². The van der Waals surface area contributed by atoms with Gasteiger partial charge in [-0.2, -0.15) is 0 Å². The molecule has 0 radical (unpaired) electrons. The third-order valence-electron chi connectivity index (χ3n) is 2.85. The lowest BCUT2D eigenvalue weighted by atomic mass is 10.1. The SMILES string of the molecule is CCC(CO)NC(=O)c1cc(OC)c(OC)cc1N. The maximum Gasteiger partial charge on any atom is 0.253 e. The van der Waals surface area contributed by atoms with Crippen LogP contribution in [0.5, 0.6) is 11.5 Å². The van der Waals surface area contributed by atoms with Crippen LogP contribution in [0, 0.1) is 0 Å². The first-order valence-corrected chi connectivity index (χ1v) is 6.00. The molecule has 0 aliphatic rings. The van der Waals surface area contributed by atoms with Crippen LogP contribution in [0.3, 0.4) is 0 Å². The van der Waals surface area contributed by atoms with E-state index in [0.29, 0.717) is 29.2 Å². The molecule has 0 aliphatic heterocycles. The van der Waals surface area contributed by atoms with E-state index in [1.165, 1.54) is 26.4 Å². The molecule has 19 heavy (non-hydrogen) atoms. The van der Waals surface area contributed by atoms with Crippen molar-refractivity contribution in [2.24, 2.45) is 0 Å². The average molecular weight is 268 g/mol. The largest absolute Gasteiger partial charge is 0.493 e. The summed E-state index contributed by atoms with van der Waals surface area (Å²) in [6.45, 7) is 1.76. The number of methoxy groups -OCH3 is 2. The minimum absolute atomic E-state index is 0.116. The van der Waals surface area contributed by atoms with Gasteiger partial charge in [0.05, 0.1) is 32.4 Å². The van der Waals surface area contributed by atoms with Crippen LogP contribution in [-0.4, -0.2) is 37.9 Å². The number of nitrogen functional groups attached to an aromatic ring is 1. The molecule has 0 saturated heterocycles. The molecule has 6 heteroatoms. The quantitative estimate of drug-likeness (QED) is 0.663. The van der Waals surface area contributed by atoms with Crippen LogP contribution in [0.15, 0.2) is 12.1 Å². The minimum Gasteiger partial charge on any atom is -0.493 e. The van der Waals surface area contributed by atoms with Gasteiger partial charge in [-0.25, -0.2) is 0 Å². The summed E-state index contributed by atoms with van der Waals surface area (Å²) in [4.78, 5) is 12.1. The van der Waals surface area contributed by atoms with Gasteiger partial charge in [0.25, 0.3) is 5.91 Å². The molecule has 1 atom stereocenters. The van der Waals surface area contributed by atoms with Crippen LogP contribution in [0.4, 0.5) is 5.69 Å².